The van der Waals surface area contributed by atoms with E-state index in [0.717, 1.165) is 12.8 Å². The fourth-order valence-electron chi connectivity index (χ4n) is 2.12. The molecule has 0 radical (unpaired) electrons. The zero-order valence-electron chi connectivity index (χ0n) is 12.8. The second kappa shape index (κ2) is 8.92. The summed E-state index contributed by atoms with van der Waals surface area (Å²) in [4.78, 5) is 25.8. The average molecular weight is 285 g/mol. The molecule has 6 nitrogen and oxygen atoms in total. The van der Waals surface area contributed by atoms with Crippen molar-refractivity contribution >= 4 is 11.8 Å². The van der Waals surface area contributed by atoms with Gasteiger partial charge in [0.25, 0.3) is 0 Å². The molecule has 0 bridgehead atoms. The maximum absolute atomic E-state index is 12.2. The fraction of sp³-hybridized carbons (Fsp3) is 0.857. The highest BCUT2D eigenvalue weighted by atomic mass is 16.5. The SMILES string of the molecule is CCCCNC(=O)C(C)NC(C)C(=O)N1CCOCC1. The molecule has 1 aliphatic rings. The summed E-state index contributed by atoms with van der Waals surface area (Å²) in [6, 6.07) is -0.730. The Labute approximate surface area is 121 Å². The van der Waals surface area contributed by atoms with Crippen LogP contribution >= 0.6 is 0 Å². The van der Waals surface area contributed by atoms with E-state index < -0.39 is 0 Å². The molecule has 0 saturated carbocycles. The Kier molecular flexibility index (Phi) is 7.54. The first-order valence-electron chi connectivity index (χ1n) is 7.46. The highest BCUT2D eigenvalue weighted by Crippen LogP contribution is 2.01. The summed E-state index contributed by atoms with van der Waals surface area (Å²) in [5.74, 6) is -0.0263. The number of amides is 2. The molecule has 2 amide bonds. The van der Waals surface area contributed by atoms with Gasteiger partial charge in [0, 0.05) is 19.6 Å². The molecule has 0 aliphatic carbocycles. The van der Waals surface area contributed by atoms with E-state index in [0.29, 0.717) is 32.8 Å². The first-order valence-corrected chi connectivity index (χ1v) is 7.46. The summed E-state index contributed by atoms with van der Waals surface area (Å²) in [5.41, 5.74) is 0. The van der Waals surface area contributed by atoms with Gasteiger partial charge in [-0.2, -0.15) is 0 Å². The summed E-state index contributed by atoms with van der Waals surface area (Å²) >= 11 is 0. The molecule has 1 aliphatic heterocycles. The van der Waals surface area contributed by atoms with Crippen molar-refractivity contribution in [1.29, 1.82) is 0 Å². The summed E-state index contributed by atoms with van der Waals surface area (Å²) in [6.07, 6.45) is 2.02. The van der Waals surface area contributed by atoms with Gasteiger partial charge < -0.3 is 15.0 Å². The van der Waals surface area contributed by atoms with Crippen LogP contribution in [-0.4, -0.2) is 61.6 Å². The monoisotopic (exact) mass is 285 g/mol. The van der Waals surface area contributed by atoms with Crippen LogP contribution < -0.4 is 10.6 Å². The van der Waals surface area contributed by atoms with E-state index in [1.165, 1.54) is 0 Å². The highest BCUT2D eigenvalue weighted by molar-refractivity contribution is 5.84. The first-order chi connectivity index (χ1) is 9.56. The topological polar surface area (TPSA) is 70.7 Å². The van der Waals surface area contributed by atoms with Crippen molar-refractivity contribution in [3.8, 4) is 0 Å². The molecule has 6 heteroatoms. The number of unbranched alkanes of at least 4 members (excludes halogenated alkanes) is 1. The molecule has 116 valence electrons. The van der Waals surface area contributed by atoms with Crippen LogP contribution in [0.2, 0.25) is 0 Å². The fourth-order valence-corrected chi connectivity index (χ4v) is 2.12. The van der Waals surface area contributed by atoms with Crippen molar-refractivity contribution in [1.82, 2.24) is 15.5 Å². The average Bonchev–Trinajstić information content (AvgIpc) is 2.47. The van der Waals surface area contributed by atoms with Crippen molar-refractivity contribution in [2.75, 3.05) is 32.8 Å². The second-order valence-electron chi connectivity index (χ2n) is 5.19. The number of ether oxygens (including phenoxy) is 1. The number of hydrogen-bond donors (Lipinski definition) is 2. The minimum absolute atomic E-state index is 0.0292. The summed E-state index contributed by atoms with van der Waals surface area (Å²) in [7, 11) is 0. The van der Waals surface area contributed by atoms with E-state index in [1.807, 2.05) is 0 Å². The Morgan fingerprint density at radius 2 is 1.85 bits per heavy atom. The molecule has 1 rings (SSSR count). The lowest BCUT2D eigenvalue weighted by Crippen LogP contribution is -2.53. The lowest BCUT2D eigenvalue weighted by atomic mass is 10.2. The molecule has 0 aromatic heterocycles. The Morgan fingerprint density at radius 1 is 1.20 bits per heavy atom. The molecule has 0 spiro atoms. The largest absolute Gasteiger partial charge is 0.378 e. The Hall–Kier alpha value is -1.14. The van der Waals surface area contributed by atoms with Crippen LogP contribution in [0.1, 0.15) is 33.6 Å². The number of rotatable bonds is 7. The van der Waals surface area contributed by atoms with Crippen molar-refractivity contribution in [3.63, 3.8) is 0 Å². The lowest BCUT2D eigenvalue weighted by Gasteiger charge is -2.30. The van der Waals surface area contributed by atoms with Crippen LogP contribution in [0.3, 0.4) is 0 Å². The van der Waals surface area contributed by atoms with Gasteiger partial charge in [-0.15, -0.1) is 0 Å². The first kappa shape index (κ1) is 16.9. The van der Waals surface area contributed by atoms with Gasteiger partial charge in [-0.1, -0.05) is 13.3 Å². The van der Waals surface area contributed by atoms with E-state index in [-0.39, 0.29) is 23.9 Å². The molecule has 0 aromatic rings. The van der Waals surface area contributed by atoms with Crippen molar-refractivity contribution in [3.05, 3.63) is 0 Å². The third-order valence-corrected chi connectivity index (χ3v) is 3.42. The standard InChI is InChI=1S/C14H27N3O3/c1-4-5-6-15-13(18)11(2)16-12(3)14(19)17-7-9-20-10-8-17/h11-12,16H,4-10H2,1-3H3,(H,15,18). The zero-order valence-corrected chi connectivity index (χ0v) is 12.8. The van der Waals surface area contributed by atoms with Gasteiger partial charge in [0.1, 0.15) is 0 Å². The molecule has 2 unspecified atom stereocenters. The van der Waals surface area contributed by atoms with Gasteiger partial charge >= 0.3 is 0 Å². The maximum Gasteiger partial charge on any atom is 0.239 e. The lowest BCUT2D eigenvalue weighted by molar-refractivity contribution is -0.137. The van der Waals surface area contributed by atoms with Gasteiger partial charge in [-0.05, 0) is 20.3 Å². The molecular weight excluding hydrogens is 258 g/mol. The molecule has 1 saturated heterocycles. The molecule has 1 heterocycles. The van der Waals surface area contributed by atoms with Gasteiger partial charge in [-0.3, -0.25) is 14.9 Å². The van der Waals surface area contributed by atoms with Crippen LogP contribution in [0, 0.1) is 0 Å². The van der Waals surface area contributed by atoms with E-state index in [2.05, 4.69) is 17.6 Å². The molecule has 1 fully saturated rings. The Morgan fingerprint density at radius 3 is 2.45 bits per heavy atom. The summed E-state index contributed by atoms with van der Waals surface area (Å²) in [5, 5.41) is 5.92. The Bertz CT molecular complexity index is 317. The van der Waals surface area contributed by atoms with Crippen LogP contribution in [0.15, 0.2) is 0 Å². The predicted octanol–water partition coefficient (Wildman–Crippen LogP) is 0.128. The zero-order chi connectivity index (χ0) is 15.0. The van der Waals surface area contributed by atoms with E-state index in [1.54, 1.807) is 18.7 Å². The smallest absolute Gasteiger partial charge is 0.239 e. The summed E-state index contributed by atoms with van der Waals surface area (Å²) in [6.45, 7) is 8.78. The van der Waals surface area contributed by atoms with Gasteiger partial charge in [0.2, 0.25) is 11.8 Å². The molecule has 2 atom stereocenters. The van der Waals surface area contributed by atoms with Crippen LogP contribution in [0.25, 0.3) is 0 Å². The normalized spacial score (nSPS) is 18.4. The number of morpholine rings is 1. The number of nitrogens with one attached hydrogen (secondary N) is 2. The molecular formula is C14H27N3O3. The van der Waals surface area contributed by atoms with E-state index in [9.17, 15) is 9.59 Å². The maximum atomic E-state index is 12.2. The molecule has 2 N–H and O–H groups in total. The number of nitrogens with zero attached hydrogens (tertiary/aromatic N) is 1. The van der Waals surface area contributed by atoms with Crippen LogP contribution in [0.5, 0.6) is 0 Å². The van der Waals surface area contributed by atoms with E-state index in [4.69, 9.17) is 4.74 Å². The van der Waals surface area contributed by atoms with Gasteiger partial charge in [0.15, 0.2) is 0 Å². The van der Waals surface area contributed by atoms with E-state index >= 15 is 0 Å². The van der Waals surface area contributed by atoms with Gasteiger partial charge in [0.05, 0.1) is 25.3 Å². The Balaban J connectivity index is 2.33. The minimum Gasteiger partial charge on any atom is -0.378 e. The predicted molar refractivity (Wildman–Crippen MR) is 77.4 cm³/mol. The number of hydrogen-bond acceptors (Lipinski definition) is 4. The highest BCUT2D eigenvalue weighted by Gasteiger charge is 2.25. The van der Waals surface area contributed by atoms with Crippen molar-refractivity contribution in [2.24, 2.45) is 0 Å². The molecule has 20 heavy (non-hydrogen) atoms. The summed E-state index contributed by atoms with van der Waals surface area (Å²) < 4.78 is 5.23. The number of carbonyl (C=O) groups is 2. The molecule has 0 aromatic carbocycles. The van der Waals surface area contributed by atoms with Crippen molar-refractivity contribution in [2.45, 2.75) is 45.7 Å². The third-order valence-electron chi connectivity index (χ3n) is 3.42. The second-order valence-corrected chi connectivity index (χ2v) is 5.19. The quantitative estimate of drug-likeness (QED) is 0.652. The van der Waals surface area contributed by atoms with Crippen LogP contribution in [0.4, 0.5) is 0 Å². The van der Waals surface area contributed by atoms with Crippen molar-refractivity contribution < 1.29 is 14.3 Å². The third kappa shape index (κ3) is 5.46. The van der Waals surface area contributed by atoms with Crippen LogP contribution in [-0.2, 0) is 14.3 Å². The van der Waals surface area contributed by atoms with Gasteiger partial charge in [-0.25, -0.2) is 0 Å². The number of carbonyl (C=O) groups excluding carboxylic acids is 2. The minimum atomic E-state index is -0.369.